The molecule has 0 radical (unpaired) electrons. The Morgan fingerprint density at radius 3 is 2.30 bits per heavy atom. The van der Waals surface area contributed by atoms with Gasteiger partial charge in [0.25, 0.3) is 11.8 Å². The lowest BCUT2D eigenvalue weighted by Crippen LogP contribution is -2.44. The Labute approximate surface area is 172 Å². The van der Waals surface area contributed by atoms with Crippen LogP contribution in [-0.4, -0.2) is 35.9 Å². The van der Waals surface area contributed by atoms with Crippen LogP contribution in [0.25, 0.3) is 0 Å². The summed E-state index contributed by atoms with van der Waals surface area (Å²) in [5, 5.41) is 8.87. The highest BCUT2D eigenvalue weighted by Crippen LogP contribution is 2.25. The number of nitrogens with zero attached hydrogens (tertiary/aromatic N) is 1. The second-order valence-electron chi connectivity index (χ2n) is 5.79. The summed E-state index contributed by atoms with van der Waals surface area (Å²) in [6.45, 7) is -1.31. The molecule has 3 N–H and O–H groups in total. The number of hydrogen-bond acceptors (Lipinski definition) is 4. The number of aliphatic hydroxyl groups is 1. The van der Waals surface area contributed by atoms with Crippen LogP contribution in [0.1, 0.15) is 15.9 Å². The third-order valence-corrected chi connectivity index (χ3v) is 4.08. The fourth-order valence-corrected chi connectivity index (χ4v) is 2.47. The second kappa shape index (κ2) is 10.0. The number of alkyl halides is 2. The molecule has 2 aromatic rings. The number of benzene rings is 2. The minimum atomic E-state index is -3.35. The van der Waals surface area contributed by atoms with E-state index in [4.69, 9.17) is 16.7 Å². The van der Waals surface area contributed by atoms with Gasteiger partial charge in [-0.05, 0) is 30.3 Å². The molecule has 0 saturated carbocycles. The molecule has 0 unspecified atom stereocenters. The Bertz CT molecular complexity index is 974. The molecule has 3 amide bonds. The molecule has 2 aromatic carbocycles. The predicted octanol–water partition coefficient (Wildman–Crippen LogP) is 2.17. The molecule has 0 aliphatic carbocycles. The molecule has 0 bridgehead atoms. The quantitative estimate of drug-likeness (QED) is 0.467. The molecule has 0 aromatic heterocycles. The van der Waals surface area contributed by atoms with Crippen molar-refractivity contribution in [2.24, 2.45) is 0 Å². The smallest absolute Gasteiger partial charge is 0.317 e. The monoisotopic (exact) mass is 447 g/mol. The molecule has 0 saturated heterocycles. The van der Waals surface area contributed by atoms with E-state index in [0.29, 0.717) is 0 Å². The lowest BCUT2D eigenvalue weighted by atomic mass is 10.1. The van der Waals surface area contributed by atoms with E-state index in [-0.39, 0.29) is 21.8 Å². The Kier molecular flexibility index (Phi) is 7.72. The Balaban J connectivity index is 2.21. The van der Waals surface area contributed by atoms with Crippen molar-refractivity contribution in [3.63, 3.8) is 0 Å². The van der Waals surface area contributed by atoms with E-state index in [1.165, 1.54) is 11.5 Å². The number of carbonyl (C=O) groups is 3. The Morgan fingerprint density at radius 2 is 1.73 bits per heavy atom. The normalized spacial score (nSPS) is 10.6. The molecule has 7 nitrogen and oxygen atoms in total. The van der Waals surface area contributed by atoms with Crippen molar-refractivity contribution in [2.75, 3.05) is 11.5 Å². The number of aliphatic hydroxyl groups excluding tert-OH is 1. The van der Waals surface area contributed by atoms with Gasteiger partial charge in [0.2, 0.25) is 0 Å². The summed E-state index contributed by atoms with van der Waals surface area (Å²) in [6, 6.07) is 6.35. The molecular formula is C18H14ClF4N3O4. The van der Waals surface area contributed by atoms with Gasteiger partial charge in [-0.2, -0.15) is 8.78 Å². The number of halogens is 5. The molecule has 160 valence electrons. The standard InChI is InChI=1S/C18H14ClF4N3O4/c19-12-6-11(3-4-13(12)20)26(15(28)8-27)7-10-2-1-9(5-14(10)21)17(29)24-25-18(30)16(22)23/h1-6,16,27H,7-8H2,(H,24,29)(H,25,30). The third kappa shape index (κ3) is 5.67. The maximum atomic E-state index is 14.5. The van der Waals surface area contributed by atoms with E-state index in [9.17, 15) is 31.9 Å². The highest BCUT2D eigenvalue weighted by Gasteiger charge is 2.20. The summed E-state index contributed by atoms with van der Waals surface area (Å²) in [7, 11) is 0. The summed E-state index contributed by atoms with van der Waals surface area (Å²) >= 11 is 5.70. The average molecular weight is 448 g/mol. The zero-order chi connectivity index (χ0) is 22.4. The fraction of sp³-hybridized carbons (Fsp3) is 0.167. The Morgan fingerprint density at radius 1 is 1.03 bits per heavy atom. The van der Waals surface area contributed by atoms with Crippen molar-refractivity contribution in [3.8, 4) is 0 Å². The summed E-state index contributed by atoms with van der Waals surface area (Å²) in [5.74, 6) is -5.29. The van der Waals surface area contributed by atoms with Gasteiger partial charge in [0.1, 0.15) is 18.2 Å². The summed E-state index contributed by atoms with van der Waals surface area (Å²) in [5.41, 5.74) is 2.88. The van der Waals surface area contributed by atoms with Crippen molar-refractivity contribution in [3.05, 3.63) is 64.2 Å². The van der Waals surface area contributed by atoms with Gasteiger partial charge in [0, 0.05) is 16.8 Å². The molecule has 0 spiro atoms. The van der Waals surface area contributed by atoms with Crippen molar-refractivity contribution in [1.82, 2.24) is 10.9 Å². The first-order chi connectivity index (χ1) is 14.1. The van der Waals surface area contributed by atoms with E-state index in [0.717, 1.165) is 35.2 Å². The molecule has 0 fully saturated rings. The molecule has 0 heterocycles. The minimum Gasteiger partial charge on any atom is -0.387 e. The van der Waals surface area contributed by atoms with E-state index in [2.05, 4.69) is 0 Å². The van der Waals surface area contributed by atoms with E-state index in [1.54, 1.807) is 5.43 Å². The maximum Gasteiger partial charge on any atom is 0.317 e. The number of hydrogen-bond donors (Lipinski definition) is 3. The number of carbonyl (C=O) groups excluding carboxylic acids is 3. The highest BCUT2D eigenvalue weighted by atomic mass is 35.5. The van der Waals surface area contributed by atoms with Crippen LogP contribution in [0.3, 0.4) is 0 Å². The van der Waals surface area contributed by atoms with Crippen LogP contribution in [0.2, 0.25) is 5.02 Å². The summed E-state index contributed by atoms with van der Waals surface area (Å²) in [4.78, 5) is 35.6. The van der Waals surface area contributed by atoms with Gasteiger partial charge >= 0.3 is 12.3 Å². The first kappa shape index (κ1) is 23.1. The van der Waals surface area contributed by atoms with E-state index >= 15 is 0 Å². The Hall–Kier alpha value is -3.18. The van der Waals surface area contributed by atoms with E-state index < -0.39 is 48.9 Å². The second-order valence-corrected chi connectivity index (χ2v) is 6.19. The average Bonchev–Trinajstić information content (AvgIpc) is 2.72. The number of amides is 3. The first-order valence-corrected chi connectivity index (χ1v) is 8.55. The van der Waals surface area contributed by atoms with Crippen LogP contribution >= 0.6 is 11.6 Å². The number of anilines is 1. The molecule has 12 heteroatoms. The lowest BCUT2D eigenvalue weighted by Gasteiger charge is -2.23. The van der Waals surface area contributed by atoms with Crippen molar-refractivity contribution >= 4 is 35.0 Å². The molecule has 0 aliphatic rings. The molecular weight excluding hydrogens is 434 g/mol. The maximum absolute atomic E-state index is 14.5. The zero-order valence-corrected chi connectivity index (χ0v) is 15.7. The lowest BCUT2D eigenvalue weighted by molar-refractivity contribution is -0.132. The molecule has 0 aliphatic heterocycles. The highest BCUT2D eigenvalue weighted by molar-refractivity contribution is 6.31. The molecule has 2 rings (SSSR count). The third-order valence-electron chi connectivity index (χ3n) is 3.79. The summed E-state index contributed by atoms with van der Waals surface area (Å²) in [6.07, 6.45) is -3.35. The van der Waals surface area contributed by atoms with Gasteiger partial charge < -0.3 is 10.0 Å². The molecule has 30 heavy (non-hydrogen) atoms. The SMILES string of the molecule is O=C(NNC(=O)C(F)F)c1ccc(CN(C(=O)CO)c2ccc(F)c(Cl)c2)c(F)c1. The molecule has 0 atom stereocenters. The van der Waals surface area contributed by atoms with Gasteiger partial charge in [-0.15, -0.1) is 0 Å². The van der Waals surface area contributed by atoms with Crippen LogP contribution in [0.5, 0.6) is 0 Å². The van der Waals surface area contributed by atoms with Crippen molar-refractivity contribution < 1.29 is 37.1 Å². The largest absolute Gasteiger partial charge is 0.387 e. The first-order valence-electron chi connectivity index (χ1n) is 8.17. The van der Waals surface area contributed by atoms with Crippen LogP contribution in [0.4, 0.5) is 23.2 Å². The van der Waals surface area contributed by atoms with Crippen LogP contribution < -0.4 is 15.8 Å². The van der Waals surface area contributed by atoms with Gasteiger partial charge in [-0.3, -0.25) is 25.2 Å². The summed E-state index contributed by atoms with van der Waals surface area (Å²) < 4.78 is 52.0. The van der Waals surface area contributed by atoms with Crippen LogP contribution in [-0.2, 0) is 16.1 Å². The van der Waals surface area contributed by atoms with Crippen LogP contribution in [0.15, 0.2) is 36.4 Å². The topological polar surface area (TPSA) is 98.7 Å². The van der Waals surface area contributed by atoms with Gasteiger partial charge in [-0.25, -0.2) is 8.78 Å². The minimum absolute atomic E-state index is 0.0783. The van der Waals surface area contributed by atoms with Crippen LogP contribution in [0, 0.1) is 11.6 Å². The van der Waals surface area contributed by atoms with Crippen molar-refractivity contribution in [1.29, 1.82) is 0 Å². The van der Waals surface area contributed by atoms with Crippen molar-refractivity contribution in [2.45, 2.75) is 13.0 Å². The van der Waals surface area contributed by atoms with Gasteiger partial charge in [0.05, 0.1) is 11.6 Å². The van der Waals surface area contributed by atoms with Gasteiger partial charge in [-0.1, -0.05) is 17.7 Å². The van der Waals surface area contributed by atoms with E-state index in [1.807, 2.05) is 0 Å². The fourth-order valence-electron chi connectivity index (χ4n) is 2.29. The number of hydrazine groups is 1. The number of rotatable bonds is 6. The van der Waals surface area contributed by atoms with Gasteiger partial charge in [0.15, 0.2) is 0 Å². The number of nitrogens with one attached hydrogen (secondary N) is 2. The predicted molar refractivity (Wildman–Crippen MR) is 97.7 cm³/mol. The zero-order valence-electron chi connectivity index (χ0n) is 15.0.